The summed E-state index contributed by atoms with van der Waals surface area (Å²) in [7, 11) is 0. The van der Waals surface area contributed by atoms with Gasteiger partial charge in [0.2, 0.25) is 5.91 Å². The number of halogens is 2. The Bertz CT molecular complexity index is 1310. The minimum Gasteiger partial charge on any atom is -0.368 e. The molecule has 1 aromatic carbocycles. The maximum atomic E-state index is 13.9. The Hall–Kier alpha value is -3.07. The number of aromatic nitrogens is 3. The number of carbonyl (C=O) groups is 1. The van der Waals surface area contributed by atoms with Gasteiger partial charge in [0.25, 0.3) is 0 Å². The number of anilines is 1. The number of rotatable bonds is 6. The first-order valence-electron chi connectivity index (χ1n) is 14.4. The summed E-state index contributed by atoms with van der Waals surface area (Å²) in [4.78, 5) is 24.8. The minimum absolute atomic E-state index is 0.0394. The second kappa shape index (κ2) is 11.2. The fourth-order valence-corrected chi connectivity index (χ4v) is 7.21. The van der Waals surface area contributed by atoms with Gasteiger partial charge in [-0.3, -0.25) is 4.79 Å². The zero-order valence-corrected chi connectivity index (χ0v) is 22.7. The molecular weight excluding hydrogens is 498 g/mol. The third-order valence-corrected chi connectivity index (χ3v) is 9.10. The number of carbonyl (C=O) groups excluding carboxylic acids is 1. The summed E-state index contributed by atoms with van der Waals surface area (Å²) >= 11 is 0. The van der Waals surface area contributed by atoms with Crippen LogP contribution in [-0.2, 0) is 11.2 Å². The van der Waals surface area contributed by atoms with Crippen LogP contribution in [0.5, 0.6) is 0 Å². The monoisotopic (exact) mass is 536 g/mol. The molecule has 0 N–H and O–H groups in total. The maximum absolute atomic E-state index is 13.9. The maximum Gasteiger partial charge on any atom is 0.227 e. The summed E-state index contributed by atoms with van der Waals surface area (Å²) in [6.07, 6.45) is 9.45. The van der Waals surface area contributed by atoms with Crippen LogP contribution in [0.1, 0.15) is 38.2 Å². The number of hydrogen-bond acceptors (Lipinski definition) is 5. The summed E-state index contributed by atoms with van der Waals surface area (Å²) in [5.41, 5.74) is 2.78. The van der Waals surface area contributed by atoms with E-state index in [0.29, 0.717) is 49.6 Å². The quantitative estimate of drug-likeness (QED) is 0.471. The summed E-state index contributed by atoms with van der Waals surface area (Å²) in [6, 6.07) is 8.20. The Morgan fingerprint density at radius 3 is 2.67 bits per heavy atom. The highest BCUT2D eigenvalue weighted by molar-refractivity contribution is 5.80. The molecule has 2 aliphatic heterocycles. The van der Waals surface area contributed by atoms with Crippen molar-refractivity contribution in [1.82, 2.24) is 24.4 Å². The smallest absolute Gasteiger partial charge is 0.227 e. The molecule has 1 amide bonds. The number of amides is 1. The molecular formula is C30H38F2N6O. The van der Waals surface area contributed by atoms with E-state index in [0.717, 1.165) is 38.1 Å². The number of pyridine rings is 1. The first-order valence-corrected chi connectivity index (χ1v) is 14.4. The summed E-state index contributed by atoms with van der Waals surface area (Å²) in [5.74, 6) is 0.178. The largest absolute Gasteiger partial charge is 0.368 e. The molecule has 7 nitrogen and oxygen atoms in total. The predicted octanol–water partition coefficient (Wildman–Crippen LogP) is 4.27. The van der Waals surface area contributed by atoms with E-state index in [1.54, 1.807) is 12.4 Å². The molecule has 3 fully saturated rings. The molecule has 1 saturated carbocycles. The van der Waals surface area contributed by atoms with E-state index in [9.17, 15) is 13.6 Å². The second-order valence-electron chi connectivity index (χ2n) is 11.9. The predicted molar refractivity (Wildman–Crippen MR) is 146 cm³/mol. The van der Waals surface area contributed by atoms with E-state index in [4.69, 9.17) is 0 Å². The third kappa shape index (κ3) is 5.64. The first kappa shape index (κ1) is 26.2. The second-order valence-corrected chi connectivity index (χ2v) is 11.9. The fraction of sp³-hybridized carbons (Fsp3) is 0.567. The van der Waals surface area contributed by atoms with Gasteiger partial charge in [-0.2, -0.15) is 5.10 Å². The van der Waals surface area contributed by atoms with Crippen LogP contribution in [-0.4, -0.2) is 76.1 Å². The van der Waals surface area contributed by atoms with Crippen LogP contribution < -0.4 is 4.90 Å². The van der Waals surface area contributed by atoms with Crippen LogP contribution in [0.2, 0.25) is 0 Å². The van der Waals surface area contributed by atoms with Gasteiger partial charge in [-0.05, 0) is 60.8 Å². The van der Waals surface area contributed by atoms with Crippen molar-refractivity contribution in [3.63, 3.8) is 0 Å². The molecule has 0 unspecified atom stereocenters. The Balaban J connectivity index is 1.09. The van der Waals surface area contributed by atoms with Crippen molar-refractivity contribution in [3.05, 3.63) is 60.1 Å². The lowest BCUT2D eigenvalue weighted by Gasteiger charge is -2.48. The first-order chi connectivity index (χ1) is 18.9. The van der Waals surface area contributed by atoms with Gasteiger partial charge in [-0.1, -0.05) is 25.8 Å². The number of benzene rings is 1. The van der Waals surface area contributed by atoms with Crippen molar-refractivity contribution in [2.75, 3.05) is 50.7 Å². The average molecular weight is 537 g/mol. The zero-order valence-electron chi connectivity index (χ0n) is 22.7. The van der Waals surface area contributed by atoms with E-state index < -0.39 is 11.6 Å². The van der Waals surface area contributed by atoms with Crippen molar-refractivity contribution in [1.29, 1.82) is 0 Å². The molecule has 3 aromatic rings. The number of piperidine rings is 1. The standard InChI is InChI=1S/C30H38F2N6O/c1-21(14-22-6-9-29-33-20-34-38(29)17-22)16-35-18-23-4-2-3-5-25(23)26(19-35)30(39)37-12-10-36(11-13-37)24-7-8-27(31)28(32)15-24/h6-9,15,17,20-21,23,25-26H,2-5,10-14,16,18-19H2,1H3/t21-,23-,25-,26+/m0/s1. The Morgan fingerprint density at radius 1 is 1.03 bits per heavy atom. The average Bonchev–Trinajstić information content (AvgIpc) is 3.42. The highest BCUT2D eigenvalue weighted by Crippen LogP contribution is 2.40. The number of fused-ring (bicyclic) bond motifs is 2. The van der Waals surface area contributed by atoms with Gasteiger partial charge in [0.1, 0.15) is 6.33 Å². The summed E-state index contributed by atoms with van der Waals surface area (Å²) < 4.78 is 29.0. The van der Waals surface area contributed by atoms with Gasteiger partial charge in [0, 0.05) is 63.8 Å². The lowest BCUT2D eigenvalue weighted by Crippen LogP contribution is -2.57. The molecule has 6 rings (SSSR count). The molecule has 9 heteroatoms. The Labute approximate surface area is 228 Å². The molecule has 1 aliphatic carbocycles. The van der Waals surface area contributed by atoms with Crippen LogP contribution in [0.3, 0.4) is 0 Å². The van der Waals surface area contributed by atoms with E-state index in [1.807, 2.05) is 20.4 Å². The number of piperazine rings is 1. The third-order valence-electron chi connectivity index (χ3n) is 9.10. The number of hydrogen-bond donors (Lipinski definition) is 0. The SMILES string of the molecule is C[C@@H](Cc1ccc2ncnn2c1)CN1C[C@@H]2CCCC[C@@H]2[C@H](C(=O)N2CCN(c3ccc(F)c(F)c3)CC2)C1. The van der Waals surface area contributed by atoms with Crippen molar-refractivity contribution in [2.45, 2.75) is 39.0 Å². The van der Waals surface area contributed by atoms with Crippen molar-refractivity contribution >= 4 is 17.2 Å². The van der Waals surface area contributed by atoms with E-state index in [-0.39, 0.29) is 11.8 Å². The van der Waals surface area contributed by atoms with E-state index >= 15 is 0 Å². The molecule has 4 atom stereocenters. The fourth-order valence-electron chi connectivity index (χ4n) is 7.21. The van der Waals surface area contributed by atoms with Gasteiger partial charge >= 0.3 is 0 Å². The molecule has 0 bridgehead atoms. The molecule has 2 saturated heterocycles. The van der Waals surface area contributed by atoms with Gasteiger partial charge in [-0.15, -0.1) is 0 Å². The Kier molecular flexibility index (Phi) is 7.51. The molecule has 208 valence electrons. The van der Waals surface area contributed by atoms with Crippen molar-refractivity contribution in [3.8, 4) is 0 Å². The highest BCUT2D eigenvalue weighted by Gasteiger charge is 2.43. The summed E-state index contributed by atoms with van der Waals surface area (Å²) in [5, 5.41) is 4.27. The van der Waals surface area contributed by atoms with Crippen LogP contribution in [0.15, 0.2) is 42.9 Å². The van der Waals surface area contributed by atoms with Gasteiger partial charge in [0.15, 0.2) is 17.3 Å². The van der Waals surface area contributed by atoms with Crippen molar-refractivity contribution < 1.29 is 13.6 Å². The van der Waals surface area contributed by atoms with Crippen LogP contribution in [0.25, 0.3) is 5.65 Å². The zero-order chi connectivity index (χ0) is 26.9. The van der Waals surface area contributed by atoms with Crippen LogP contribution in [0.4, 0.5) is 14.5 Å². The molecule has 0 radical (unpaired) electrons. The van der Waals surface area contributed by atoms with Gasteiger partial charge in [0.05, 0.1) is 5.92 Å². The van der Waals surface area contributed by atoms with Crippen LogP contribution >= 0.6 is 0 Å². The number of likely N-dealkylation sites (tertiary alicyclic amines) is 1. The number of nitrogens with zero attached hydrogens (tertiary/aromatic N) is 6. The highest BCUT2D eigenvalue weighted by atomic mass is 19.2. The lowest BCUT2D eigenvalue weighted by molar-refractivity contribution is -0.142. The van der Waals surface area contributed by atoms with Crippen LogP contribution in [0, 0.1) is 35.3 Å². The molecule has 2 aromatic heterocycles. The normalized spacial score (nSPS) is 25.1. The molecule has 39 heavy (non-hydrogen) atoms. The topological polar surface area (TPSA) is 57.0 Å². The molecule has 3 aliphatic rings. The van der Waals surface area contributed by atoms with Gasteiger partial charge < -0.3 is 14.7 Å². The van der Waals surface area contributed by atoms with Crippen molar-refractivity contribution in [2.24, 2.45) is 23.7 Å². The van der Waals surface area contributed by atoms with Gasteiger partial charge in [-0.25, -0.2) is 18.3 Å². The summed E-state index contributed by atoms with van der Waals surface area (Å²) in [6.45, 7) is 7.70. The molecule has 0 spiro atoms. The Morgan fingerprint density at radius 2 is 1.85 bits per heavy atom. The van der Waals surface area contributed by atoms with E-state index in [1.165, 1.54) is 37.0 Å². The molecule has 4 heterocycles. The van der Waals surface area contributed by atoms with E-state index in [2.05, 4.69) is 34.2 Å². The lowest BCUT2D eigenvalue weighted by atomic mass is 9.69. The minimum atomic E-state index is -0.831.